The van der Waals surface area contributed by atoms with Crippen molar-refractivity contribution in [3.63, 3.8) is 0 Å². The van der Waals surface area contributed by atoms with Crippen LogP contribution < -0.4 is 10.6 Å². The molecule has 1 atom stereocenters. The Balaban J connectivity index is 1.80. The topological polar surface area (TPSA) is 97.6 Å². The number of amides is 1. The maximum absolute atomic E-state index is 13.0. The zero-order valence-corrected chi connectivity index (χ0v) is 14.5. The van der Waals surface area contributed by atoms with Gasteiger partial charge < -0.3 is 10.6 Å². The molecular formula is C17H14ClN7O. The number of allylic oxidation sites excluding steroid dienone is 1. The van der Waals surface area contributed by atoms with E-state index in [9.17, 15) is 4.79 Å². The number of carbonyl (C=O) groups is 1. The third kappa shape index (κ3) is 2.80. The first-order chi connectivity index (χ1) is 12.6. The summed E-state index contributed by atoms with van der Waals surface area (Å²) in [4.78, 5) is 17.1. The second-order valence-electron chi connectivity index (χ2n) is 5.73. The number of tetrazole rings is 1. The van der Waals surface area contributed by atoms with E-state index in [4.69, 9.17) is 11.6 Å². The quantitative estimate of drug-likeness (QED) is 0.738. The molecule has 2 aromatic heterocycles. The van der Waals surface area contributed by atoms with E-state index in [0.717, 1.165) is 5.56 Å². The van der Waals surface area contributed by atoms with Crippen LogP contribution in [0.25, 0.3) is 0 Å². The molecule has 2 N–H and O–H groups in total. The van der Waals surface area contributed by atoms with Crippen molar-refractivity contribution in [1.29, 1.82) is 0 Å². The maximum Gasteiger partial charge on any atom is 0.255 e. The van der Waals surface area contributed by atoms with Crippen LogP contribution in [-0.4, -0.2) is 31.1 Å². The lowest BCUT2D eigenvalue weighted by molar-refractivity contribution is -0.113. The highest BCUT2D eigenvalue weighted by Gasteiger charge is 2.35. The Labute approximate surface area is 153 Å². The lowest BCUT2D eigenvalue weighted by Gasteiger charge is -2.28. The van der Waals surface area contributed by atoms with Gasteiger partial charge in [0.05, 0.1) is 17.5 Å². The fourth-order valence-electron chi connectivity index (χ4n) is 2.93. The van der Waals surface area contributed by atoms with E-state index in [1.807, 2.05) is 18.2 Å². The molecule has 0 bridgehead atoms. The maximum atomic E-state index is 13.0. The van der Waals surface area contributed by atoms with E-state index >= 15 is 0 Å². The lowest BCUT2D eigenvalue weighted by Crippen LogP contribution is -2.31. The Morgan fingerprint density at radius 3 is 2.88 bits per heavy atom. The first-order valence-corrected chi connectivity index (χ1v) is 8.24. The zero-order chi connectivity index (χ0) is 18.1. The van der Waals surface area contributed by atoms with Gasteiger partial charge in [-0.1, -0.05) is 34.9 Å². The highest BCUT2D eigenvalue weighted by atomic mass is 35.5. The number of carbonyl (C=O) groups excluding carboxylic acids is 1. The molecular weight excluding hydrogens is 354 g/mol. The standard InChI is InChI=1S/C17H14ClN7O/c1-10-14(16(26)21-11-5-4-8-19-9-11)15(12-6-2-3-7-13(12)18)25-17(20-10)22-23-24-25/h2-9,15H,1H3,(H,21,26)(H,20,22,24)/t15-/m1/s1. The summed E-state index contributed by atoms with van der Waals surface area (Å²) in [6.45, 7) is 1.81. The molecule has 1 aliphatic rings. The average molecular weight is 368 g/mol. The van der Waals surface area contributed by atoms with Gasteiger partial charge in [0, 0.05) is 22.5 Å². The minimum atomic E-state index is -0.549. The monoisotopic (exact) mass is 367 g/mol. The van der Waals surface area contributed by atoms with Crippen molar-refractivity contribution in [1.82, 2.24) is 25.2 Å². The van der Waals surface area contributed by atoms with Crippen LogP contribution in [0.1, 0.15) is 18.5 Å². The van der Waals surface area contributed by atoms with Gasteiger partial charge in [0.2, 0.25) is 5.95 Å². The van der Waals surface area contributed by atoms with Crippen LogP contribution in [-0.2, 0) is 4.79 Å². The summed E-state index contributed by atoms with van der Waals surface area (Å²) in [7, 11) is 0. The highest BCUT2D eigenvalue weighted by Crippen LogP contribution is 2.37. The molecule has 130 valence electrons. The molecule has 9 heteroatoms. The molecule has 0 saturated heterocycles. The van der Waals surface area contributed by atoms with Crippen LogP contribution in [0.15, 0.2) is 60.1 Å². The van der Waals surface area contributed by atoms with Crippen LogP contribution >= 0.6 is 11.6 Å². The molecule has 3 aromatic rings. The predicted octanol–water partition coefficient (Wildman–Crippen LogP) is 2.65. The summed E-state index contributed by atoms with van der Waals surface area (Å²) >= 11 is 6.40. The smallest absolute Gasteiger partial charge is 0.255 e. The largest absolute Gasteiger partial charge is 0.326 e. The third-order valence-corrected chi connectivity index (χ3v) is 4.42. The minimum Gasteiger partial charge on any atom is -0.326 e. The minimum absolute atomic E-state index is 0.283. The van der Waals surface area contributed by atoms with Gasteiger partial charge in [-0.3, -0.25) is 9.78 Å². The van der Waals surface area contributed by atoms with Crippen molar-refractivity contribution in [2.24, 2.45) is 0 Å². The van der Waals surface area contributed by atoms with Gasteiger partial charge in [-0.2, -0.15) is 4.68 Å². The number of nitrogens with one attached hydrogen (secondary N) is 2. The summed E-state index contributed by atoms with van der Waals surface area (Å²) in [6.07, 6.45) is 3.22. The molecule has 1 aromatic carbocycles. The zero-order valence-electron chi connectivity index (χ0n) is 13.7. The summed E-state index contributed by atoms with van der Waals surface area (Å²) in [5, 5.41) is 18.2. The number of anilines is 2. The Kier molecular flexibility index (Phi) is 4.10. The number of nitrogens with zero attached hydrogens (tertiary/aromatic N) is 5. The molecule has 1 aliphatic heterocycles. The number of fused-ring (bicyclic) bond motifs is 1. The van der Waals surface area contributed by atoms with Crippen molar-refractivity contribution in [2.45, 2.75) is 13.0 Å². The van der Waals surface area contributed by atoms with E-state index < -0.39 is 6.04 Å². The van der Waals surface area contributed by atoms with Gasteiger partial charge in [-0.05, 0) is 35.5 Å². The first kappa shape index (κ1) is 16.2. The molecule has 26 heavy (non-hydrogen) atoms. The number of aromatic nitrogens is 5. The Morgan fingerprint density at radius 2 is 2.12 bits per heavy atom. The first-order valence-electron chi connectivity index (χ1n) is 7.86. The molecule has 0 fully saturated rings. The predicted molar refractivity (Wildman–Crippen MR) is 96.6 cm³/mol. The van der Waals surface area contributed by atoms with Crippen molar-refractivity contribution in [3.8, 4) is 0 Å². The number of pyridine rings is 1. The Bertz CT molecular complexity index is 999. The Morgan fingerprint density at radius 1 is 1.27 bits per heavy atom. The van der Waals surface area contributed by atoms with E-state index in [2.05, 4.69) is 31.1 Å². The van der Waals surface area contributed by atoms with Crippen LogP contribution in [0.3, 0.4) is 0 Å². The fraction of sp³-hybridized carbons (Fsp3) is 0.118. The van der Waals surface area contributed by atoms with Crippen LogP contribution in [0.5, 0.6) is 0 Å². The van der Waals surface area contributed by atoms with Gasteiger partial charge in [0.15, 0.2) is 0 Å². The number of rotatable bonds is 3. The highest BCUT2D eigenvalue weighted by molar-refractivity contribution is 6.31. The molecule has 3 heterocycles. The van der Waals surface area contributed by atoms with Crippen LogP contribution in [0.2, 0.25) is 5.02 Å². The second kappa shape index (κ2) is 6.57. The Hall–Kier alpha value is -3.26. The number of benzene rings is 1. The van der Waals surface area contributed by atoms with Crippen LogP contribution in [0.4, 0.5) is 11.6 Å². The van der Waals surface area contributed by atoms with E-state index in [1.54, 1.807) is 42.2 Å². The van der Waals surface area contributed by atoms with Crippen molar-refractivity contribution in [3.05, 3.63) is 70.6 Å². The molecule has 1 amide bonds. The van der Waals surface area contributed by atoms with Gasteiger partial charge in [0.25, 0.3) is 5.91 Å². The number of hydrogen-bond acceptors (Lipinski definition) is 6. The summed E-state index contributed by atoms with van der Waals surface area (Å²) < 4.78 is 1.55. The molecule has 0 unspecified atom stereocenters. The lowest BCUT2D eigenvalue weighted by atomic mass is 9.95. The van der Waals surface area contributed by atoms with Crippen molar-refractivity contribution >= 4 is 29.1 Å². The van der Waals surface area contributed by atoms with Crippen molar-refractivity contribution in [2.75, 3.05) is 10.6 Å². The van der Waals surface area contributed by atoms with Gasteiger partial charge >= 0.3 is 0 Å². The van der Waals surface area contributed by atoms with Crippen LogP contribution in [0, 0.1) is 0 Å². The summed E-state index contributed by atoms with van der Waals surface area (Å²) in [5.41, 5.74) is 2.46. The molecule has 0 saturated carbocycles. The summed E-state index contributed by atoms with van der Waals surface area (Å²) in [6, 6.07) is 10.3. The molecule has 0 aliphatic carbocycles. The third-order valence-electron chi connectivity index (χ3n) is 4.08. The summed E-state index contributed by atoms with van der Waals surface area (Å²) in [5.74, 6) is 0.166. The van der Waals surface area contributed by atoms with E-state index in [0.29, 0.717) is 27.9 Å². The van der Waals surface area contributed by atoms with E-state index in [1.165, 1.54) is 0 Å². The molecule has 0 radical (unpaired) electrons. The van der Waals surface area contributed by atoms with Gasteiger partial charge in [0.1, 0.15) is 6.04 Å². The van der Waals surface area contributed by atoms with Gasteiger partial charge in [-0.25, -0.2) is 0 Å². The van der Waals surface area contributed by atoms with E-state index in [-0.39, 0.29) is 5.91 Å². The second-order valence-corrected chi connectivity index (χ2v) is 6.14. The average Bonchev–Trinajstić information content (AvgIpc) is 3.10. The van der Waals surface area contributed by atoms with Gasteiger partial charge in [-0.15, -0.1) is 0 Å². The normalized spacial score (nSPS) is 16.0. The number of hydrogen-bond donors (Lipinski definition) is 2. The molecule has 8 nitrogen and oxygen atoms in total. The van der Waals surface area contributed by atoms with Crippen molar-refractivity contribution < 1.29 is 4.79 Å². The SMILES string of the molecule is CC1=C(C(=O)Nc2cccnc2)[C@@H](c2ccccc2Cl)n2nnnc2N1. The molecule has 0 spiro atoms. The molecule has 4 rings (SSSR count). The number of halogens is 1. The fourth-order valence-corrected chi connectivity index (χ4v) is 3.17.